The summed E-state index contributed by atoms with van der Waals surface area (Å²) >= 11 is 0. The Hall–Kier alpha value is -3.32. The first-order valence-electron chi connectivity index (χ1n) is 9.67. The summed E-state index contributed by atoms with van der Waals surface area (Å²) in [7, 11) is 0. The number of ether oxygens (including phenoxy) is 2. The van der Waals surface area contributed by atoms with E-state index in [0.29, 0.717) is 13.2 Å². The van der Waals surface area contributed by atoms with E-state index in [-0.39, 0.29) is 12.3 Å². The smallest absolute Gasteiger partial charge is 0.419 e. The van der Waals surface area contributed by atoms with Crippen molar-refractivity contribution in [2.24, 2.45) is 0 Å². The van der Waals surface area contributed by atoms with Gasteiger partial charge in [-0.15, -0.1) is 0 Å². The average molecular weight is 429 g/mol. The zero-order chi connectivity index (χ0) is 22.1. The number of nitrogens with one attached hydrogen (secondary N) is 1. The van der Waals surface area contributed by atoms with Crippen LogP contribution in [0.5, 0.6) is 5.75 Å². The van der Waals surface area contributed by atoms with Crippen molar-refractivity contribution in [3.8, 4) is 5.75 Å². The van der Waals surface area contributed by atoms with E-state index >= 15 is 0 Å². The van der Waals surface area contributed by atoms with Crippen LogP contribution in [-0.4, -0.2) is 12.5 Å². The quantitative estimate of drug-likeness (QED) is 0.514. The summed E-state index contributed by atoms with van der Waals surface area (Å²) in [5.41, 5.74) is 1.98. The molecule has 0 bridgehead atoms. The van der Waals surface area contributed by atoms with E-state index in [1.807, 2.05) is 54.6 Å². The van der Waals surface area contributed by atoms with Gasteiger partial charge in [-0.1, -0.05) is 66.7 Å². The van der Waals surface area contributed by atoms with Crippen molar-refractivity contribution in [2.75, 3.05) is 6.61 Å². The Kier molecular flexibility index (Phi) is 7.67. The fourth-order valence-electron chi connectivity index (χ4n) is 2.91. The molecule has 0 aliphatic carbocycles. The average Bonchev–Trinajstić information content (AvgIpc) is 2.77. The Labute approximate surface area is 178 Å². The van der Waals surface area contributed by atoms with Crippen LogP contribution >= 0.6 is 0 Å². The van der Waals surface area contributed by atoms with Gasteiger partial charge < -0.3 is 14.8 Å². The largest absolute Gasteiger partial charge is 0.483 e. The van der Waals surface area contributed by atoms with Crippen LogP contribution in [0.25, 0.3) is 0 Å². The summed E-state index contributed by atoms with van der Waals surface area (Å²) < 4.78 is 49.7. The van der Waals surface area contributed by atoms with E-state index in [2.05, 4.69) is 5.32 Å². The predicted octanol–water partition coefficient (Wildman–Crippen LogP) is 5.12. The third-order valence-corrected chi connectivity index (χ3v) is 4.41. The van der Waals surface area contributed by atoms with Crippen molar-refractivity contribution in [1.29, 1.82) is 0 Å². The summed E-state index contributed by atoms with van der Waals surface area (Å²) in [6, 6.07) is 22.2. The van der Waals surface area contributed by atoms with Crippen LogP contribution in [0, 0.1) is 0 Å². The van der Waals surface area contributed by atoms with Gasteiger partial charge in [0.05, 0.1) is 18.8 Å². The Morgan fingerprint density at radius 3 is 2.23 bits per heavy atom. The van der Waals surface area contributed by atoms with E-state index in [4.69, 9.17) is 9.47 Å². The number of carbonyl (C=O) groups is 1. The molecule has 1 N–H and O–H groups in total. The van der Waals surface area contributed by atoms with Crippen LogP contribution in [0.15, 0.2) is 78.9 Å². The normalized spacial score (nSPS) is 11.2. The summed E-state index contributed by atoms with van der Waals surface area (Å²) in [5.74, 6) is -0.884. The first-order valence-corrected chi connectivity index (χ1v) is 9.67. The van der Waals surface area contributed by atoms with Crippen LogP contribution < -0.4 is 10.1 Å². The lowest BCUT2D eigenvalue weighted by Crippen LogP contribution is -2.28. The molecule has 0 radical (unpaired) electrons. The minimum Gasteiger partial charge on any atom is -0.483 e. The van der Waals surface area contributed by atoms with Gasteiger partial charge in [0.1, 0.15) is 5.75 Å². The van der Waals surface area contributed by atoms with Gasteiger partial charge in [0.15, 0.2) is 6.61 Å². The summed E-state index contributed by atoms with van der Waals surface area (Å²) in [4.78, 5) is 12.0. The van der Waals surface area contributed by atoms with Gasteiger partial charge in [-0.2, -0.15) is 13.2 Å². The number of para-hydroxylation sites is 1. The molecule has 0 aliphatic heterocycles. The molecule has 3 rings (SSSR count). The molecule has 31 heavy (non-hydrogen) atoms. The molecular weight excluding hydrogens is 407 g/mol. The van der Waals surface area contributed by atoms with Gasteiger partial charge in [0.2, 0.25) is 0 Å². The monoisotopic (exact) mass is 429 g/mol. The number of halogens is 3. The molecule has 0 saturated heterocycles. The van der Waals surface area contributed by atoms with Crippen LogP contribution in [0.1, 0.15) is 22.3 Å². The van der Waals surface area contributed by atoms with E-state index in [0.717, 1.165) is 22.8 Å². The fourth-order valence-corrected chi connectivity index (χ4v) is 2.91. The maximum absolute atomic E-state index is 13.0. The van der Waals surface area contributed by atoms with Crippen molar-refractivity contribution in [2.45, 2.75) is 25.9 Å². The second kappa shape index (κ2) is 10.6. The van der Waals surface area contributed by atoms with Crippen molar-refractivity contribution >= 4 is 5.91 Å². The predicted molar refractivity (Wildman–Crippen MR) is 110 cm³/mol. The minimum absolute atomic E-state index is 0.232. The number of amides is 1. The maximum atomic E-state index is 13.0. The topological polar surface area (TPSA) is 47.6 Å². The molecule has 0 fully saturated rings. The lowest BCUT2D eigenvalue weighted by atomic mass is 10.1. The fraction of sp³-hybridized carbons (Fsp3) is 0.208. The highest BCUT2D eigenvalue weighted by molar-refractivity contribution is 5.77. The molecule has 0 spiro atoms. The highest BCUT2D eigenvalue weighted by atomic mass is 19.4. The lowest BCUT2D eigenvalue weighted by Gasteiger charge is -2.13. The standard InChI is InChI=1S/C24H22F3NO3/c25-24(26,27)21-11-4-5-12-22(21)31-17-23(29)28-14-19-9-6-10-20(13-19)16-30-15-18-7-2-1-3-8-18/h1-13H,14-17H2,(H,28,29). The number of rotatable bonds is 9. The van der Waals surface area contributed by atoms with Gasteiger partial charge in [0, 0.05) is 6.54 Å². The molecule has 4 nitrogen and oxygen atoms in total. The lowest BCUT2D eigenvalue weighted by molar-refractivity contribution is -0.139. The van der Waals surface area contributed by atoms with Gasteiger partial charge in [-0.3, -0.25) is 4.79 Å². The number of carbonyl (C=O) groups excluding carboxylic acids is 1. The van der Waals surface area contributed by atoms with Crippen molar-refractivity contribution < 1.29 is 27.4 Å². The molecule has 0 saturated carbocycles. The molecule has 7 heteroatoms. The highest BCUT2D eigenvalue weighted by Gasteiger charge is 2.34. The van der Waals surface area contributed by atoms with Crippen LogP contribution in [0.2, 0.25) is 0 Å². The SMILES string of the molecule is O=C(COc1ccccc1C(F)(F)F)NCc1cccc(COCc2ccccc2)c1. The van der Waals surface area contributed by atoms with Crippen LogP contribution in [0.3, 0.4) is 0 Å². The second-order valence-electron chi connectivity index (χ2n) is 6.86. The summed E-state index contributed by atoms with van der Waals surface area (Å²) in [6.07, 6.45) is -4.55. The Morgan fingerprint density at radius 2 is 1.45 bits per heavy atom. The molecule has 0 atom stereocenters. The third-order valence-electron chi connectivity index (χ3n) is 4.41. The van der Waals surface area contributed by atoms with E-state index < -0.39 is 24.3 Å². The van der Waals surface area contributed by atoms with Crippen LogP contribution in [0.4, 0.5) is 13.2 Å². The van der Waals surface area contributed by atoms with Crippen molar-refractivity contribution in [3.05, 3.63) is 101 Å². The molecule has 3 aromatic rings. The first-order chi connectivity index (χ1) is 14.9. The van der Waals surface area contributed by atoms with Crippen molar-refractivity contribution in [1.82, 2.24) is 5.32 Å². The molecule has 0 aromatic heterocycles. The molecule has 0 aliphatic rings. The molecule has 1 amide bonds. The van der Waals surface area contributed by atoms with Gasteiger partial charge in [-0.25, -0.2) is 0 Å². The van der Waals surface area contributed by atoms with Gasteiger partial charge in [-0.05, 0) is 28.8 Å². The van der Waals surface area contributed by atoms with Crippen LogP contribution in [-0.2, 0) is 35.5 Å². The third kappa shape index (κ3) is 7.15. The highest BCUT2D eigenvalue weighted by Crippen LogP contribution is 2.35. The van der Waals surface area contributed by atoms with E-state index in [1.54, 1.807) is 0 Å². The first kappa shape index (κ1) is 22.4. The molecule has 162 valence electrons. The van der Waals surface area contributed by atoms with Gasteiger partial charge >= 0.3 is 6.18 Å². The molecule has 3 aromatic carbocycles. The number of hydrogen-bond acceptors (Lipinski definition) is 3. The molecule has 0 unspecified atom stereocenters. The second-order valence-corrected chi connectivity index (χ2v) is 6.86. The minimum atomic E-state index is -4.55. The summed E-state index contributed by atoms with van der Waals surface area (Å²) in [5, 5.41) is 2.65. The Bertz CT molecular complexity index is 991. The number of benzene rings is 3. The Balaban J connectivity index is 1.46. The molecular formula is C24H22F3NO3. The molecule has 0 heterocycles. The Morgan fingerprint density at radius 1 is 0.806 bits per heavy atom. The zero-order valence-corrected chi connectivity index (χ0v) is 16.7. The maximum Gasteiger partial charge on any atom is 0.419 e. The summed E-state index contributed by atoms with van der Waals surface area (Å²) in [6.45, 7) is 0.648. The number of alkyl halides is 3. The van der Waals surface area contributed by atoms with E-state index in [9.17, 15) is 18.0 Å². The zero-order valence-electron chi connectivity index (χ0n) is 16.7. The van der Waals surface area contributed by atoms with Crippen molar-refractivity contribution in [3.63, 3.8) is 0 Å². The number of hydrogen-bond donors (Lipinski definition) is 1. The van der Waals surface area contributed by atoms with E-state index in [1.165, 1.54) is 18.2 Å². The van der Waals surface area contributed by atoms with Gasteiger partial charge in [0.25, 0.3) is 5.91 Å².